The fraction of sp³-hybridized carbons (Fsp3) is 0.933. The van der Waals surface area contributed by atoms with Crippen molar-refractivity contribution in [2.24, 2.45) is 11.3 Å². The van der Waals surface area contributed by atoms with Gasteiger partial charge in [0.2, 0.25) is 0 Å². The normalized spacial score (nSPS) is 26.9. The van der Waals surface area contributed by atoms with Gasteiger partial charge in [-0.2, -0.15) is 0 Å². The van der Waals surface area contributed by atoms with E-state index in [1.807, 2.05) is 14.1 Å². The summed E-state index contributed by atoms with van der Waals surface area (Å²) >= 11 is 0. The molecule has 112 valence electrons. The van der Waals surface area contributed by atoms with Gasteiger partial charge in [0, 0.05) is 19.1 Å². The topological polar surface area (TPSA) is 43.8 Å². The maximum absolute atomic E-state index is 11.1. The molecule has 1 aliphatic rings. The Hall–Kier alpha value is -0.610. The van der Waals surface area contributed by atoms with Crippen LogP contribution < -0.4 is 0 Å². The Labute approximate surface area is 117 Å². The second kappa shape index (κ2) is 6.71. The summed E-state index contributed by atoms with van der Waals surface area (Å²) in [7, 11) is 4.07. The van der Waals surface area contributed by atoms with E-state index in [0.717, 1.165) is 19.5 Å². The monoisotopic (exact) mass is 270 g/mol. The molecule has 0 aromatic heterocycles. The zero-order chi connectivity index (χ0) is 14.6. The summed E-state index contributed by atoms with van der Waals surface area (Å²) in [4.78, 5) is 15.4. The molecule has 0 amide bonds. The second-order valence-electron chi connectivity index (χ2n) is 7.12. The van der Waals surface area contributed by atoms with Crippen LogP contribution in [0.15, 0.2) is 0 Å². The third-order valence-electron chi connectivity index (χ3n) is 4.29. The molecular formula is C15H30N2O2. The van der Waals surface area contributed by atoms with Crippen LogP contribution in [0.3, 0.4) is 0 Å². The lowest BCUT2D eigenvalue weighted by Crippen LogP contribution is -2.48. The third kappa shape index (κ3) is 5.49. The van der Waals surface area contributed by atoms with Gasteiger partial charge in [-0.15, -0.1) is 0 Å². The highest BCUT2D eigenvalue weighted by Crippen LogP contribution is 2.40. The predicted octanol–water partition coefficient (Wildman–Crippen LogP) is 2.15. The molecule has 4 nitrogen and oxygen atoms in total. The minimum absolute atomic E-state index is 0.170. The highest BCUT2D eigenvalue weighted by atomic mass is 16.4. The molecule has 0 aromatic rings. The molecule has 1 rings (SSSR count). The van der Waals surface area contributed by atoms with Crippen LogP contribution in [-0.2, 0) is 4.79 Å². The average Bonchev–Trinajstić information content (AvgIpc) is 2.22. The van der Waals surface area contributed by atoms with Gasteiger partial charge >= 0.3 is 5.97 Å². The summed E-state index contributed by atoms with van der Waals surface area (Å²) < 4.78 is 0. The van der Waals surface area contributed by atoms with Gasteiger partial charge in [-0.05, 0) is 44.7 Å². The fourth-order valence-electron chi connectivity index (χ4n) is 3.34. The van der Waals surface area contributed by atoms with Crippen molar-refractivity contribution in [3.63, 3.8) is 0 Å². The molecule has 1 fully saturated rings. The van der Waals surface area contributed by atoms with E-state index in [1.165, 1.54) is 12.8 Å². The highest BCUT2D eigenvalue weighted by molar-refractivity contribution is 5.69. The fourth-order valence-corrected chi connectivity index (χ4v) is 3.34. The SMILES string of the molecule is CC1CC(C)(C)CCC1N(CCN(C)C)CC(=O)O. The predicted molar refractivity (Wildman–Crippen MR) is 78.3 cm³/mol. The van der Waals surface area contributed by atoms with E-state index >= 15 is 0 Å². The molecule has 0 aliphatic heterocycles. The van der Waals surface area contributed by atoms with E-state index in [4.69, 9.17) is 5.11 Å². The summed E-state index contributed by atoms with van der Waals surface area (Å²) in [5.41, 5.74) is 0.409. The number of carbonyl (C=O) groups is 1. The smallest absolute Gasteiger partial charge is 0.317 e. The lowest BCUT2D eigenvalue weighted by atomic mass is 9.70. The molecule has 19 heavy (non-hydrogen) atoms. The molecule has 0 radical (unpaired) electrons. The Morgan fingerprint density at radius 1 is 1.32 bits per heavy atom. The first-order chi connectivity index (χ1) is 8.71. The van der Waals surface area contributed by atoms with Gasteiger partial charge in [0.15, 0.2) is 0 Å². The van der Waals surface area contributed by atoms with Crippen molar-refractivity contribution < 1.29 is 9.90 Å². The molecule has 0 heterocycles. The van der Waals surface area contributed by atoms with Crippen LogP contribution in [0.25, 0.3) is 0 Å². The minimum atomic E-state index is -0.712. The number of carboxylic acids is 1. The molecule has 2 atom stereocenters. The first kappa shape index (κ1) is 16.4. The van der Waals surface area contributed by atoms with Crippen molar-refractivity contribution >= 4 is 5.97 Å². The lowest BCUT2D eigenvalue weighted by molar-refractivity contribution is -0.139. The van der Waals surface area contributed by atoms with E-state index in [1.54, 1.807) is 0 Å². The van der Waals surface area contributed by atoms with Gasteiger partial charge in [0.25, 0.3) is 0 Å². The van der Waals surface area contributed by atoms with Crippen molar-refractivity contribution in [3.05, 3.63) is 0 Å². The summed E-state index contributed by atoms with van der Waals surface area (Å²) in [5.74, 6) is -0.138. The largest absolute Gasteiger partial charge is 0.480 e. The standard InChI is InChI=1S/C15H30N2O2/c1-12-10-15(2,3)7-6-13(12)17(11-14(18)19)9-8-16(4)5/h12-13H,6-11H2,1-5H3,(H,18,19). The van der Waals surface area contributed by atoms with Gasteiger partial charge in [-0.25, -0.2) is 0 Å². The number of rotatable bonds is 6. The van der Waals surface area contributed by atoms with Crippen LogP contribution in [0, 0.1) is 11.3 Å². The summed E-state index contributed by atoms with van der Waals surface area (Å²) in [6.07, 6.45) is 3.50. The Bertz CT molecular complexity index is 303. The number of carboxylic acid groups (broad SMARTS) is 1. The summed E-state index contributed by atoms with van der Waals surface area (Å²) in [5, 5.41) is 9.11. The molecule has 2 unspecified atom stereocenters. The summed E-state index contributed by atoms with van der Waals surface area (Å²) in [6, 6.07) is 0.420. The molecule has 0 aromatic carbocycles. The first-order valence-electron chi connectivity index (χ1n) is 7.32. The van der Waals surface area contributed by atoms with Crippen molar-refractivity contribution in [1.29, 1.82) is 0 Å². The van der Waals surface area contributed by atoms with Gasteiger partial charge in [-0.1, -0.05) is 20.8 Å². The van der Waals surface area contributed by atoms with Crippen LogP contribution in [0.1, 0.15) is 40.0 Å². The molecular weight excluding hydrogens is 240 g/mol. The second-order valence-corrected chi connectivity index (χ2v) is 7.12. The molecule has 1 aliphatic carbocycles. The van der Waals surface area contributed by atoms with Crippen LogP contribution >= 0.6 is 0 Å². The van der Waals surface area contributed by atoms with Gasteiger partial charge in [0.05, 0.1) is 6.54 Å². The molecule has 0 bridgehead atoms. The Balaban J connectivity index is 2.66. The van der Waals surface area contributed by atoms with Crippen LogP contribution in [0.2, 0.25) is 0 Å². The molecule has 0 spiro atoms. The van der Waals surface area contributed by atoms with Crippen LogP contribution in [-0.4, -0.2) is 60.6 Å². The lowest BCUT2D eigenvalue weighted by Gasteiger charge is -2.44. The Kier molecular flexibility index (Phi) is 5.81. The van der Waals surface area contributed by atoms with Crippen molar-refractivity contribution in [1.82, 2.24) is 9.80 Å². The molecule has 4 heteroatoms. The van der Waals surface area contributed by atoms with Gasteiger partial charge < -0.3 is 10.0 Å². The highest BCUT2D eigenvalue weighted by Gasteiger charge is 2.35. The quantitative estimate of drug-likeness (QED) is 0.803. The number of likely N-dealkylation sites (N-methyl/N-ethyl adjacent to an activating group) is 1. The van der Waals surface area contributed by atoms with Crippen LogP contribution in [0.4, 0.5) is 0 Å². The Morgan fingerprint density at radius 3 is 2.42 bits per heavy atom. The molecule has 0 saturated heterocycles. The number of hydrogen-bond acceptors (Lipinski definition) is 3. The van der Waals surface area contributed by atoms with Crippen LogP contribution in [0.5, 0.6) is 0 Å². The molecule has 1 N–H and O–H groups in total. The van der Waals surface area contributed by atoms with E-state index in [0.29, 0.717) is 17.4 Å². The molecule has 1 saturated carbocycles. The van der Waals surface area contributed by atoms with E-state index in [2.05, 4.69) is 30.6 Å². The van der Waals surface area contributed by atoms with E-state index < -0.39 is 5.97 Å². The van der Waals surface area contributed by atoms with Gasteiger partial charge in [0.1, 0.15) is 0 Å². The zero-order valence-electron chi connectivity index (χ0n) is 13.1. The number of hydrogen-bond donors (Lipinski definition) is 1. The zero-order valence-corrected chi connectivity index (χ0v) is 13.1. The van der Waals surface area contributed by atoms with Crippen molar-refractivity contribution in [3.8, 4) is 0 Å². The van der Waals surface area contributed by atoms with E-state index in [-0.39, 0.29) is 6.54 Å². The van der Waals surface area contributed by atoms with E-state index in [9.17, 15) is 4.79 Å². The maximum Gasteiger partial charge on any atom is 0.317 e. The minimum Gasteiger partial charge on any atom is -0.480 e. The Morgan fingerprint density at radius 2 is 1.95 bits per heavy atom. The number of aliphatic carboxylic acids is 1. The number of nitrogens with zero attached hydrogens (tertiary/aromatic N) is 2. The average molecular weight is 270 g/mol. The maximum atomic E-state index is 11.1. The third-order valence-corrected chi connectivity index (χ3v) is 4.29. The first-order valence-corrected chi connectivity index (χ1v) is 7.32. The van der Waals surface area contributed by atoms with Crippen molar-refractivity contribution in [2.75, 3.05) is 33.7 Å². The van der Waals surface area contributed by atoms with Gasteiger partial charge in [-0.3, -0.25) is 9.69 Å². The summed E-state index contributed by atoms with van der Waals surface area (Å²) in [6.45, 7) is 8.84. The van der Waals surface area contributed by atoms with Crippen molar-refractivity contribution in [2.45, 2.75) is 46.1 Å².